The van der Waals surface area contributed by atoms with Gasteiger partial charge in [-0.25, -0.2) is 0 Å². The Morgan fingerprint density at radius 3 is 2.50 bits per heavy atom. The molecule has 4 aliphatic rings. The van der Waals surface area contributed by atoms with Crippen LogP contribution in [0.25, 0.3) is 0 Å². The van der Waals surface area contributed by atoms with Crippen molar-refractivity contribution in [3.63, 3.8) is 0 Å². The van der Waals surface area contributed by atoms with Crippen LogP contribution in [0.4, 0.5) is 0 Å². The van der Waals surface area contributed by atoms with Crippen LogP contribution >= 0.6 is 0 Å². The van der Waals surface area contributed by atoms with Crippen molar-refractivity contribution in [2.45, 2.75) is 71.2 Å². The minimum absolute atomic E-state index is 0.0244. The van der Waals surface area contributed by atoms with E-state index in [1.807, 2.05) is 0 Å². The Labute approximate surface area is 166 Å². The topological polar surface area (TPSA) is 104 Å². The fourth-order valence-corrected chi connectivity index (χ4v) is 7.68. The molecule has 1 unspecified atom stereocenters. The quantitative estimate of drug-likeness (QED) is 0.487. The van der Waals surface area contributed by atoms with Crippen molar-refractivity contribution < 1.29 is 29.6 Å². The molecule has 2 bridgehead atoms. The molecule has 0 aromatic rings. The Kier molecular flexibility index (Phi) is 4.39. The molecule has 0 aliphatic heterocycles. The molecule has 0 aromatic carbocycles. The van der Waals surface area contributed by atoms with E-state index in [0.29, 0.717) is 12.8 Å². The predicted molar refractivity (Wildman–Crippen MR) is 101 cm³/mol. The molecule has 9 atom stereocenters. The first-order valence-electron chi connectivity index (χ1n) is 10.4. The second-order valence-corrected chi connectivity index (χ2v) is 10.2. The number of rotatable bonds is 2. The molecule has 4 saturated carbocycles. The van der Waals surface area contributed by atoms with E-state index in [4.69, 9.17) is 4.74 Å². The minimum atomic E-state index is -1.27. The highest BCUT2D eigenvalue weighted by atomic mass is 16.5. The first-order valence-corrected chi connectivity index (χ1v) is 10.4. The van der Waals surface area contributed by atoms with Crippen LogP contribution in [0, 0.1) is 34.0 Å². The molecule has 4 fully saturated rings. The van der Waals surface area contributed by atoms with Gasteiger partial charge in [0.2, 0.25) is 0 Å². The van der Waals surface area contributed by atoms with Crippen LogP contribution in [0.3, 0.4) is 0 Å². The SMILES string of the molecule is C=C1C(=O)[C@]23C(O)[C@H]1[C@@H](O)C[C@H]2[C@]1(C)CCC[C@](C)(COC(C)=O)[C@H]1C[C@H]3O. The maximum atomic E-state index is 13.3. The number of ketones is 1. The molecule has 6 nitrogen and oxygen atoms in total. The third kappa shape index (κ3) is 2.25. The maximum absolute atomic E-state index is 13.3. The predicted octanol–water partition coefficient (Wildman–Crippen LogP) is 1.61. The van der Waals surface area contributed by atoms with Gasteiger partial charge in [0, 0.05) is 18.3 Å². The van der Waals surface area contributed by atoms with Crippen LogP contribution < -0.4 is 0 Å². The van der Waals surface area contributed by atoms with Gasteiger partial charge in [-0.05, 0) is 48.5 Å². The van der Waals surface area contributed by atoms with E-state index in [0.717, 1.165) is 19.3 Å². The zero-order valence-electron chi connectivity index (χ0n) is 17.0. The molecule has 0 radical (unpaired) electrons. The zero-order chi connectivity index (χ0) is 20.6. The molecule has 0 amide bonds. The summed E-state index contributed by atoms with van der Waals surface area (Å²) in [5.74, 6) is -1.59. The molecule has 1 spiro atoms. The van der Waals surface area contributed by atoms with Crippen LogP contribution in [-0.4, -0.2) is 52.0 Å². The van der Waals surface area contributed by atoms with Crippen molar-refractivity contribution >= 4 is 11.8 Å². The van der Waals surface area contributed by atoms with Gasteiger partial charge in [0.05, 0.1) is 30.3 Å². The largest absolute Gasteiger partial charge is 0.465 e. The number of carbonyl (C=O) groups excluding carboxylic acids is 2. The van der Waals surface area contributed by atoms with Crippen molar-refractivity contribution in [2.24, 2.45) is 34.0 Å². The molecule has 3 N–H and O–H groups in total. The summed E-state index contributed by atoms with van der Waals surface area (Å²) in [6.45, 7) is 9.77. The number of aliphatic hydroxyl groups excluding tert-OH is 3. The number of aliphatic hydroxyl groups is 3. The van der Waals surface area contributed by atoms with Crippen LogP contribution in [-0.2, 0) is 14.3 Å². The van der Waals surface area contributed by atoms with Gasteiger partial charge in [-0.15, -0.1) is 0 Å². The van der Waals surface area contributed by atoms with E-state index in [2.05, 4.69) is 20.4 Å². The smallest absolute Gasteiger partial charge is 0.302 e. The Bertz CT molecular complexity index is 733. The molecule has 0 heterocycles. The lowest BCUT2D eigenvalue weighted by atomic mass is 9.39. The summed E-state index contributed by atoms with van der Waals surface area (Å²) in [6.07, 6.45) is 0.467. The highest BCUT2D eigenvalue weighted by molar-refractivity contribution is 6.04. The van der Waals surface area contributed by atoms with E-state index in [1.54, 1.807) is 0 Å². The standard InChI is InChI=1S/C22H32O6/c1-11-17-13(24)8-15-21(4)7-5-6-20(3,10-28-12(2)23)14(21)9-16(25)22(15,18(11)26)19(17)27/h13-17,19,24-25,27H,1,5-10H2,2-4H3/t13-,14+,15-,16+,17+,19?,20+,21+,22-/m0/s1. The number of carbonyl (C=O) groups is 2. The molecular weight excluding hydrogens is 360 g/mol. The van der Waals surface area contributed by atoms with Gasteiger partial charge in [-0.3, -0.25) is 9.59 Å². The highest BCUT2D eigenvalue weighted by Crippen LogP contribution is 2.71. The maximum Gasteiger partial charge on any atom is 0.302 e. The van der Waals surface area contributed by atoms with Crippen molar-refractivity contribution in [1.82, 2.24) is 0 Å². The summed E-state index contributed by atoms with van der Waals surface area (Å²) in [4.78, 5) is 24.7. The molecule has 28 heavy (non-hydrogen) atoms. The number of hydrogen-bond donors (Lipinski definition) is 3. The fourth-order valence-electron chi connectivity index (χ4n) is 7.68. The second kappa shape index (κ2) is 6.13. The van der Waals surface area contributed by atoms with Gasteiger partial charge >= 0.3 is 5.97 Å². The van der Waals surface area contributed by atoms with Gasteiger partial charge in [-0.2, -0.15) is 0 Å². The van der Waals surface area contributed by atoms with Crippen LogP contribution in [0.5, 0.6) is 0 Å². The number of esters is 1. The monoisotopic (exact) mass is 392 g/mol. The van der Waals surface area contributed by atoms with Crippen LogP contribution in [0.1, 0.15) is 52.9 Å². The van der Waals surface area contributed by atoms with Gasteiger partial charge in [0.15, 0.2) is 5.78 Å². The first kappa shape index (κ1) is 20.0. The van der Waals surface area contributed by atoms with Crippen molar-refractivity contribution in [3.05, 3.63) is 12.2 Å². The van der Waals surface area contributed by atoms with E-state index in [-0.39, 0.29) is 46.6 Å². The van der Waals surface area contributed by atoms with Gasteiger partial charge in [0.25, 0.3) is 0 Å². The molecule has 4 rings (SSSR count). The molecule has 4 aliphatic carbocycles. The summed E-state index contributed by atoms with van der Waals surface area (Å²) in [7, 11) is 0. The zero-order valence-corrected chi connectivity index (χ0v) is 17.0. The van der Waals surface area contributed by atoms with Crippen LogP contribution in [0.2, 0.25) is 0 Å². The van der Waals surface area contributed by atoms with Crippen molar-refractivity contribution in [1.29, 1.82) is 0 Å². The minimum Gasteiger partial charge on any atom is -0.465 e. The lowest BCUT2D eigenvalue weighted by molar-refractivity contribution is -0.243. The Morgan fingerprint density at radius 1 is 1.18 bits per heavy atom. The number of fused-ring (bicyclic) bond motifs is 3. The van der Waals surface area contributed by atoms with Gasteiger partial charge < -0.3 is 20.1 Å². The average molecular weight is 392 g/mol. The fraction of sp³-hybridized carbons (Fsp3) is 0.818. The molecule has 0 aromatic heterocycles. The van der Waals surface area contributed by atoms with Crippen molar-refractivity contribution in [3.8, 4) is 0 Å². The first-order chi connectivity index (χ1) is 13.0. The Morgan fingerprint density at radius 2 is 1.86 bits per heavy atom. The summed E-state index contributed by atoms with van der Waals surface area (Å²) < 4.78 is 5.39. The highest BCUT2D eigenvalue weighted by Gasteiger charge is 2.75. The van der Waals surface area contributed by atoms with Gasteiger partial charge in [0.1, 0.15) is 0 Å². The summed E-state index contributed by atoms with van der Waals surface area (Å²) in [5.41, 5.74) is -1.68. The normalized spacial score (nSPS) is 52.8. The van der Waals surface area contributed by atoms with E-state index < -0.39 is 29.6 Å². The van der Waals surface area contributed by atoms with Gasteiger partial charge in [-0.1, -0.05) is 26.8 Å². The number of hydrogen-bond acceptors (Lipinski definition) is 6. The second-order valence-electron chi connectivity index (χ2n) is 10.2. The average Bonchev–Trinajstić information content (AvgIpc) is 2.74. The Balaban J connectivity index is 1.80. The third-order valence-electron chi connectivity index (χ3n) is 8.90. The molecular formula is C22H32O6. The lowest BCUT2D eigenvalue weighted by Gasteiger charge is -2.65. The van der Waals surface area contributed by atoms with E-state index >= 15 is 0 Å². The summed E-state index contributed by atoms with van der Waals surface area (Å²) >= 11 is 0. The molecule has 0 saturated heterocycles. The summed E-state index contributed by atoms with van der Waals surface area (Å²) in [6, 6.07) is 0. The molecule has 6 heteroatoms. The lowest BCUT2D eigenvalue weighted by Crippen LogP contribution is -2.68. The molecule has 156 valence electrons. The summed E-state index contributed by atoms with van der Waals surface area (Å²) in [5, 5.41) is 33.2. The number of Topliss-reactive ketones (excluding diaryl/α,β-unsaturated/α-hetero) is 1. The van der Waals surface area contributed by atoms with E-state index in [9.17, 15) is 24.9 Å². The van der Waals surface area contributed by atoms with Crippen LogP contribution in [0.15, 0.2) is 12.2 Å². The van der Waals surface area contributed by atoms with E-state index in [1.165, 1.54) is 6.92 Å². The van der Waals surface area contributed by atoms with Crippen molar-refractivity contribution in [2.75, 3.05) is 6.61 Å². The third-order valence-corrected chi connectivity index (χ3v) is 8.90. The Hall–Kier alpha value is -1.24. The number of ether oxygens (including phenoxy) is 1.